The van der Waals surface area contributed by atoms with Crippen molar-refractivity contribution in [2.24, 2.45) is 7.05 Å². The summed E-state index contributed by atoms with van der Waals surface area (Å²) in [6, 6.07) is 7.89. The van der Waals surface area contributed by atoms with Gasteiger partial charge in [-0.2, -0.15) is 5.10 Å². The van der Waals surface area contributed by atoms with Gasteiger partial charge in [-0.15, -0.1) is 0 Å². The minimum atomic E-state index is -0.276. The Labute approximate surface area is 88.4 Å². The van der Waals surface area contributed by atoms with E-state index in [2.05, 4.69) is 12.0 Å². The summed E-state index contributed by atoms with van der Waals surface area (Å²) in [5.74, 6) is -0.276. The second kappa shape index (κ2) is 3.85. The highest BCUT2D eigenvalue weighted by Gasteiger charge is 2.09. The monoisotopic (exact) mass is 204 g/mol. The molecule has 15 heavy (non-hydrogen) atoms. The highest BCUT2D eigenvalue weighted by atomic mass is 19.1. The molecule has 1 heterocycles. The topological polar surface area (TPSA) is 17.8 Å². The predicted molar refractivity (Wildman–Crippen MR) is 58.0 cm³/mol. The summed E-state index contributed by atoms with van der Waals surface area (Å²) in [5.41, 5.74) is 2.66. The molecule has 0 aliphatic carbocycles. The van der Waals surface area contributed by atoms with E-state index in [0.29, 0.717) is 5.69 Å². The molecule has 0 spiro atoms. The minimum absolute atomic E-state index is 0.276. The van der Waals surface area contributed by atoms with E-state index in [9.17, 15) is 4.39 Å². The Hall–Kier alpha value is -1.64. The molecule has 3 heteroatoms. The van der Waals surface area contributed by atoms with Crippen molar-refractivity contribution >= 4 is 0 Å². The van der Waals surface area contributed by atoms with Gasteiger partial charge in [0.1, 0.15) is 5.69 Å². The molecule has 0 radical (unpaired) electrons. The molecule has 2 nitrogen and oxygen atoms in total. The average Bonchev–Trinajstić information content (AvgIpc) is 2.59. The zero-order chi connectivity index (χ0) is 10.8. The molecular weight excluding hydrogens is 191 g/mol. The van der Waals surface area contributed by atoms with Gasteiger partial charge in [0.05, 0.1) is 6.20 Å². The number of halogens is 1. The van der Waals surface area contributed by atoms with Crippen molar-refractivity contribution in [2.75, 3.05) is 0 Å². The molecule has 0 N–H and O–H groups in total. The number of aryl methyl sites for hydroxylation is 2. The second-order valence-electron chi connectivity index (χ2n) is 3.52. The largest absolute Gasteiger partial charge is 0.265 e. The molecule has 1 aromatic carbocycles. The fraction of sp³-hybridized carbons (Fsp3) is 0.250. The van der Waals surface area contributed by atoms with Crippen LogP contribution in [0, 0.1) is 5.82 Å². The highest BCUT2D eigenvalue weighted by molar-refractivity contribution is 5.60. The summed E-state index contributed by atoms with van der Waals surface area (Å²) < 4.78 is 14.9. The second-order valence-corrected chi connectivity index (χ2v) is 3.52. The summed E-state index contributed by atoms with van der Waals surface area (Å²) in [5, 5.41) is 3.88. The quantitative estimate of drug-likeness (QED) is 0.735. The summed E-state index contributed by atoms with van der Waals surface area (Å²) in [6.45, 7) is 2.10. The molecule has 1 aromatic heterocycles. The lowest BCUT2D eigenvalue weighted by Crippen LogP contribution is -1.94. The van der Waals surface area contributed by atoms with E-state index in [-0.39, 0.29) is 5.82 Å². The first-order valence-electron chi connectivity index (χ1n) is 4.99. The first kappa shape index (κ1) is 9.90. The summed E-state index contributed by atoms with van der Waals surface area (Å²) in [4.78, 5) is 0. The van der Waals surface area contributed by atoms with Crippen LogP contribution in [0.2, 0.25) is 0 Å². The summed E-state index contributed by atoms with van der Waals surface area (Å²) >= 11 is 0. The molecule has 0 unspecified atom stereocenters. The van der Waals surface area contributed by atoms with E-state index in [1.165, 1.54) is 11.8 Å². The van der Waals surface area contributed by atoms with E-state index in [4.69, 9.17) is 0 Å². The number of hydrogen-bond acceptors (Lipinski definition) is 1. The van der Waals surface area contributed by atoms with Crippen LogP contribution in [0.3, 0.4) is 0 Å². The molecule has 0 atom stereocenters. The third-order valence-corrected chi connectivity index (χ3v) is 2.53. The number of aromatic nitrogens is 2. The van der Waals surface area contributed by atoms with Gasteiger partial charge < -0.3 is 0 Å². The molecule has 0 aliphatic heterocycles. The Balaban J connectivity index is 2.45. The maximum absolute atomic E-state index is 13.4. The van der Waals surface area contributed by atoms with Crippen molar-refractivity contribution in [3.63, 3.8) is 0 Å². The van der Waals surface area contributed by atoms with Crippen molar-refractivity contribution in [1.29, 1.82) is 0 Å². The van der Waals surface area contributed by atoms with Crippen LogP contribution in [0.15, 0.2) is 30.5 Å². The third kappa shape index (κ3) is 1.77. The third-order valence-electron chi connectivity index (χ3n) is 2.53. The summed E-state index contributed by atoms with van der Waals surface area (Å²) in [7, 11) is 1.74. The normalized spacial score (nSPS) is 10.6. The van der Waals surface area contributed by atoms with Gasteiger partial charge >= 0.3 is 0 Å². The molecular formula is C12H13FN2. The fourth-order valence-corrected chi connectivity index (χ4v) is 1.63. The van der Waals surface area contributed by atoms with Crippen molar-refractivity contribution in [2.45, 2.75) is 13.3 Å². The highest BCUT2D eigenvalue weighted by Crippen LogP contribution is 2.22. The van der Waals surface area contributed by atoms with Crippen LogP contribution in [-0.2, 0) is 13.5 Å². The Morgan fingerprint density at radius 3 is 2.40 bits per heavy atom. The van der Waals surface area contributed by atoms with Crippen LogP contribution in [0.5, 0.6) is 0 Å². The Morgan fingerprint density at radius 2 is 1.93 bits per heavy atom. The lowest BCUT2D eigenvalue weighted by molar-refractivity contribution is 0.629. The number of benzene rings is 1. The molecule has 2 rings (SSSR count). The van der Waals surface area contributed by atoms with E-state index >= 15 is 0 Å². The Bertz CT molecular complexity index is 437. The van der Waals surface area contributed by atoms with Crippen LogP contribution >= 0.6 is 0 Å². The first-order chi connectivity index (χ1) is 7.22. The van der Waals surface area contributed by atoms with Gasteiger partial charge in [0.2, 0.25) is 0 Å². The molecule has 2 aromatic rings. The van der Waals surface area contributed by atoms with E-state index in [1.54, 1.807) is 11.7 Å². The zero-order valence-electron chi connectivity index (χ0n) is 8.87. The maximum Gasteiger partial charge on any atom is 0.169 e. The molecule has 78 valence electrons. The number of rotatable bonds is 2. The van der Waals surface area contributed by atoms with Gasteiger partial charge in [-0.3, -0.25) is 4.68 Å². The van der Waals surface area contributed by atoms with E-state index in [0.717, 1.165) is 12.0 Å². The Morgan fingerprint density at radius 1 is 1.27 bits per heavy atom. The van der Waals surface area contributed by atoms with Crippen LogP contribution in [0.1, 0.15) is 12.5 Å². The SMILES string of the molecule is CCc1ccc(-c2c(F)cnn2C)cc1. The molecule has 0 saturated heterocycles. The van der Waals surface area contributed by atoms with Gasteiger partial charge in [0, 0.05) is 12.6 Å². The van der Waals surface area contributed by atoms with Crippen LogP contribution < -0.4 is 0 Å². The van der Waals surface area contributed by atoms with Gasteiger partial charge in [0.15, 0.2) is 5.82 Å². The maximum atomic E-state index is 13.4. The zero-order valence-corrected chi connectivity index (χ0v) is 8.87. The van der Waals surface area contributed by atoms with E-state index in [1.807, 2.05) is 24.3 Å². The van der Waals surface area contributed by atoms with Gasteiger partial charge in [-0.25, -0.2) is 4.39 Å². The molecule has 0 bridgehead atoms. The first-order valence-corrected chi connectivity index (χ1v) is 4.99. The van der Waals surface area contributed by atoms with Crippen molar-refractivity contribution in [1.82, 2.24) is 9.78 Å². The number of nitrogens with zero attached hydrogens (tertiary/aromatic N) is 2. The van der Waals surface area contributed by atoms with Gasteiger partial charge in [-0.05, 0) is 12.0 Å². The Kier molecular flexibility index (Phi) is 2.54. The fourth-order valence-electron chi connectivity index (χ4n) is 1.63. The van der Waals surface area contributed by atoms with Crippen molar-refractivity contribution < 1.29 is 4.39 Å². The van der Waals surface area contributed by atoms with Crippen molar-refractivity contribution in [3.05, 3.63) is 41.8 Å². The van der Waals surface area contributed by atoms with Gasteiger partial charge in [-0.1, -0.05) is 31.2 Å². The minimum Gasteiger partial charge on any atom is -0.265 e. The standard InChI is InChI=1S/C12H13FN2/c1-3-9-4-6-10(7-5-9)12-11(13)8-14-15(12)2/h4-8H,3H2,1-2H3. The van der Waals surface area contributed by atoms with Gasteiger partial charge in [0.25, 0.3) is 0 Å². The van der Waals surface area contributed by atoms with Crippen LogP contribution in [0.25, 0.3) is 11.3 Å². The summed E-state index contributed by atoms with van der Waals surface area (Å²) in [6.07, 6.45) is 2.23. The molecule has 0 aliphatic rings. The smallest absolute Gasteiger partial charge is 0.169 e. The average molecular weight is 204 g/mol. The lowest BCUT2D eigenvalue weighted by Gasteiger charge is -2.03. The lowest BCUT2D eigenvalue weighted by atomic mass is 10.1. The molecule has 0 fully saturated rings. The molecule has 0 amide bonds. The van der Waals surface area contributed by atoms with Crippen LogP contribution in [0.4, 0.5) is 4.39 Å². The number of hydrogen-bond donors (Lipinski definition) is 0. The molecule has 0 saturated carbocycles. The van der Waals surface area contributed by atoms with Crippen molar-refractivity contribution in [3.8, 4) is 11.3 Å². The van der Waals surface area contributed by atoms with Crippen LogP contribution in [-0.4, -0.2) is 9.78 Å². The predicted octanol–water partition coefficient (Wildman–Crippen LogP) is 2.79. The van der Waals surface area contributed by atoms with E-state index < -0.39 is 0 Å².